The van der Waals surface area contributed by atoms with E-state index in [4.69, 9.17) is 5.84 Å². The highest BCUT2D eigenvalue weighted by molar-refractivity contribution is 7.10. The Morgan fingerprint density at radius 2 is 2.06 bits per heavy atom. The van der Waals surface area contributed by atoms with Crippen molar-refractivity contribution in [2.75, 3.05) is 12.5 Å². The van der Waals surface area contributed by atoms with Crippen LogP contribution in [-0.2, 0) is 13.1 Å². The molecule has 1 aromatic heterocycles. The van der Waals surface area contributed by atoms with Crippen LogP contribution in [0.1, 0.15) is 11.3 Å². The number of nitrogens with zero attached hydrogens (tertiary/aromatic N) is 3. The first-order valence-corrected chi connectivity index (χ1v) is 6.17. The largest absolute Gasteiger partial charge is 0.313 e. The normalized spacial score (nSPS) is 10.9. The fraction of sp³-hybridized carbons (Fsp3) is 0.273. The van der Waals surface area contributed by atoms with Crippen molar-refractivity contribution in [3.63, 3.8) is 0 Å². The van der Waals surface area contributed by atoms with Gasteiger partial charge in [0.1, 0.15) is 16.5 Å². The van der Waals surface area contributed by atoms with E-state index in [1.54, 1.807) is 12.1 Å². The molecule has 0 atom stereocenters. The van der Waals surface area contributed by atoms with E-state index in [1.807, 2.05) is 7.05 Å². The van der Waals surface area contributed by atoms with Crippen molar-refractivity contribution in [1.82, 2.24) is 14.5 Å². The van der Waals surface area contributed by atoms with E-state index >= 15 is 0 Å². The predicted octanol–water partition coefficient (Wildman–Crippen LogP) is 1.59. The van der Waals surface area contributed by atoms with Gasteiger partial charge in [-0.2, -0.15) is 0 Å². The lowest BCUT2D eigenvalue weighted by Crippen LogP contribution is -2.19. The van der Waals surface area contributed by atoms with E-state index in [0.717, 1.165) is 16.3 Å². The smallest absolute Gasteiger partial charge is 0.148 e. The number of nitrogens with one attached hydrogen (secondary N) is 1. The summed E-state index contributed by atoms with van der Waals surface area (Å²) in [7, 11) is 1.96. The van der Waals surface area contributed by atoms with E-state index < -0.39 is 0 Å². The van der Waals surface area contributed by atoms with Crippen LogP contribution < -0.4 is 11.3 Å². The second kappa shape index (κ2) is 5.85. The van der Waals surface area contributed by atoms with Crippen molar-refractivity contribution in [3.8, 4) is 0 Å². The molecule has 0 bridgehead atoms. The summed E-state index contributed by atoms with van der Waals surface area (Å²) in [5.74, 6) is 5.14. The fourth-order valence-corrected chi connectivity index (χ4v) is 2.12. The summed E-state index contributed by atoms with van der Waals surface area (Å²) in [6.45, 7) is 1.34. The van der Waals surface area contributed by atoms with Gasteiger partial charge >= 0.3 is 0 Å². The summed E-state index contributed by atoms with van der Waals surface area (Å²) in [6.07, 6.45) is 0. The summed E-state index contributed by atoms with van der Waals surface area (Å²) in [6, 6.07) is 6.46. The monoisotopic (exact) mass is 267 g/mol. The minimum Gasteiger partial charge on any atom is -0.313 e. The zero-order valence-electron chi connectivity index (χ0n) is 9.93. The van der Waals surface area contributed by atoms with E-state index in [9.17, 15) is 4.39 Å². The van der Waals surface area contributed by atoms with Crippen LogP contribution in [0, 0.1) is 5.82 Å². The maximum absolute atomic E-state index is 12.8. The Hall–Kier alpha value is -1.57. The molecular formula is C11H14FN5S. The van der Waals surface area contributed by atoms with Crippen molar-refractivity contribution in [2.45, 2.75) is 13.1 Å². The van der Waals surface area contributed by atoms with Gasteiger partial charge < -0.3 is 5.43 Å². The van der Waals surface area contributed by atoms with Crippen molar-refractivity contribution in [1.29, 1.82) is 0 Å². The molecule has 1 aromatic carbocycles. The molecule has 0 saturated carbocycles. The Balaban J connectivity index is 1.96. The van der Waals surface area contributed by atoms with Crippen molar-refractivity contribution in [3.05, 3.63) is 41.3 Å². The molecule has 2 rings (SSSR count). The van der Waals surface area contributed by atoms with Crippen molar-refractivity contribution < 1.29 is 4.39 Å². The Bertz CT molecular complexity index is 498. The molecule has 0 saturated heterocycles. The first-order valence-electron chi connectivity index (χ1n) is 5.40. The quantitative estimate of drug-likeness (QED) is 0.636. The number of benzene rings is 1. The van der Waals surface area contributed by atoms with Crippen LogP contribution in [0.2, 0.25) is 0 Å². The van der Waals surface area contributed by atoms with Gasteiger partial charge in [-0.25, -0.2) is 10.2 Å². The van der Waals surface area contributed by atoms with Gasteiger partial charge in [0.05, 0.1) is 0 Å². The van der Waals surface area contributed by atoms with Crippen molar-refractivity contribution in [2.24, 2.45) is 5.84 Å². The minimum atomic E-state index is -0.222. The lowest BCUT2D eigenvalue weighted by atomic mass is 10.2. The molecular weight excluding hydrogens is 253 g/mol. The third-order valence-corrected chi connectivity index (χ3v) is 3.17. The first-order chi connectivity index (χ1) is 8.69. The average Bonchev–Trinajstić information content (AvgIpc) is 2.79. The van der Waals surface area contributed by atoms with E-state index in [0.29, 0.717) is 13.1 Å². The molecule has 96 valence electrons. The second-order valence-corrected chi connectivity index (χ2v) is 4.75. The first kappa shape index (κ1) is 12.9. The lowest BCUT2D eigenvalue weighted by Gasteiger charge is -2.15. The van der Waals surface area contributed by atoms with Gasteiger partial charge in [0, 0.05) is 24.6 Å². The second-order valence-electron chi connectivity index (χ2n) is 3.99. The van der Waals surface area contributed by atoms with Gasteiger partial charge in [-0.1, -0.05) is 16.6 Å². The Labute approximate surface area is 109 Å². The van der Waals surface area contributed by atoms with Gasteiger partial charge in [0.25, 0.3) is 0 Å². The third kappa shape index (κ3) is 3.22. The Kier molecular flexibility index (Phi) is 4.19. The molecule has 1 heterocycles. The number of nitrogens with two attached hydrogens (primary N) is 1. The molecule has 0 aliphatic rings. The summed E-state index contributed by atoms with van der Waals surface area (Å²) in [4.78, 5) is 2.06. The molecule has 0 aliphatic heterocycles. The molecule has 3 N–H and O–H groups in total. The zero-order chi connectivity index (χ0) is 13.0. The Morgan fingerprint density at radius 3 is 2.72 bits per heavy atom. The van der Waals surface area contributed by atoms with Gasteiger partial charge in [0.15, 0.2) is 0 Å². The zero-order valence-corrected chi connectivity index (χ0v) is 10.7. The standard InChI is InChI=1S/C11H14FN5S/c1-17(6-8-2-4-9(12)5-3-8)7-10-11(14-13)18-16-15-10/h2-5,14H,6-7,13H2,1H3. The SMILES string of the molecule is CN(Cc1ccc(F)cc1)Cc1nnsc1NN. The van der Waals surface area contributed by atoms with Crippen LogP contribution in [0.25, 0.3) is 0 Å². The number of hydrazine groups is 1. The average molecular weight is 267 g/mol. The van der Waals surface area contributed by atoms with Crippen LogP contribution in [0.15, 0.2) is 24.3 Å². The van der Waals surface area contributed by atoms with Crippen LogP contribution in [0.4, 0.5) is 9.39 Å². The molecule has 0 radical (unpaired) electrons. The molecule has 7 heteroatoms. The number of hydrogen-bond acceptors (Lipinski definition) is 6. The topological polar surface area (TPSA) is 67.1 Å². The molecule has 18 heavy (non-hydrogen) atoms. The third-order valence-electron chi connectivity index (χ3n) is 2.47. The summed E-state index contributed by atoms with van der Waals surface area (Å²) < 4.78 is 16.6. The predicted molar refractivity (Wildman–Crippen MR) is 69.3 cm³/mol. The van der Waals surface area contributed by atoms with E-state index in [2.05, 4.69) is 19.9 Å². The highest BCUT2D eigenvalue weighted by Crippen LogP contribution is 2.18. The molecule has 0 amide bonds. The van der Waals surface area contributed by atoms with Crippen LogP contribution in [0.3, 0.4) is 0 Å². The highest BCUT2D eigenvalue weighted by Gasteiger charge is 2.09. The Morgan fingerprint density at radius 1 is 1.33 bits per heavy atom. The van der Waals surface area contributed by atoms with E-state index in [-0.39, 0.29) is 5.82 Å². The van der Waals surface area contributed by atoms with Gasteiger partial charge in [0.2, 0.25) is 0 Å². The fourth-order valence-electron chi connectivity index (χ4n) is 1.63. The molecule has 5 nitrogen and oxygen atoms in total. The number of anilines is 1. The van der Waals surface area contributed by atoms with Crippen LogP contribution in [0.5, 0.6) is 0 Å². The summed E-state index contributed by atoms with van der Waals surface area (Å²) in [5.41, 5.74) is 4.43. The number of halogens is 1. The number of nitrogen functional groups attached to an aromatic ring is 1. The van der Waals surface area contributed by atoms with Gasteiger partial charge in [-0.05, 0) is 24.7 Å². The number of aromatic nitrogens is 2. The van der Waals surface area contributed by atoms with Crippen molar-refractivity contribution >= 4 is 16.5 Å². The summed E-state index contributed by atoms with van der Waals surface area (Å²) in [5, 5.41) is 4.77. The number of hydrogen-bond donors (Lipinski definition) is 2. The van der Waals surface area contributed by atoms with Crippen LogP contribution >= 0.6 is 11.5 Å². The molecule has 0 unspecified atom stereocenters. The molecule has 2 aromatic rings. The highest BCUT2D eigenvalue weighted by atomic mass is 32.1. The molecule has 0 spiro atoms. The lowest BCUT2D eigenvalue weighted by molar-refractivity contribution is 0.315. The van der Waals surface area contributed by atoms with Gasteiger partial charge in [-0.3, -0.25) is 4.90 Å². The maximum atomic E-state index is 12.8. The minimum absolute atomic E-state index is 0.222. The number of rotatable bonds is 5. The van der Waals surface area contributed by atoms with Crippen LogP contribution in [-0.4, -0.2) is 21.5 Å². The molecule has 0 fully saturated rings. The van der Waals surface area contributed by atoms with E-state index in [1.165, 1.54) is 23.7 Å². The maximum Gasteiger partial charge on any atom is 0.148 e. The van der Waals surface area contributed by atoms with Gasteiger partial charge in [-0.15, -0.1) is 5.10 Å². The molecule has 0 aliphatic carbocycles. The summed E-state index contributed by atoms with van der Waals surface area (Å²) >= 11 is 1.23.